The molecule has 0 aliphatic heterocycles. The van der Waals surface area contributed by atoms with Crippen LogP contribution in [0.25, 0.3) is 0 Å². The normalized spacial score (nSPS) is 16.1. The molecule has 0 heterocycles. The van der Waals surface area contributed by atoms with Crippen molar-refractivity contribution in [3.8, 4) is 5.75 Å². The molecule has 0 aliphatic carbocycles. The second-order valence-electron chi connectivity index (χ2n) is 6.08. The highest BCUT2D eigenvalue weighted by Crippen LogP contribution is 2.36. The fourth-order valence-corrected chi connectivity index (χ4v) is 2.44. The SMILES string of the molecule is CCC(C)(Oc1c(C)cccc1C=N)[C@@H](C)CC(C)(F)F. The zero-order chi connectivity index (χ0) is 16.3. The standard InChI is InChI=1S/C17H25F2NO/c1-6-16(4,13(3)10-17(5,18)19)21-15-12(2)8-7-9-14(15)11-20/h7-9,11,13,20H,6,10H2,1-5H3/t13-,16?/m0/s1. The lowest BCUT2D eigenvalue weighted by Gasteiger charge is -2.37. The highest BCUT2D eigenvalue weighted by molar-refractivity contribution is 5.82. The number of aryl methyl sites for hydroxylation is 1. The summed E-state index contributed by atoms with van der Waals surface area (Å²) in [7, 11) is 0. The smallest absolute Gasteiger partial charge is 0.245 e. The number of hydrogen-bond acceptors (Lipinski definition) is 2. The van der Waals surface area contributed by atoms with E-state index >= 15 is 0 Å². The van der Waals surface area contributed by atoms with Crippen molar-refractivity contribution in [3.63, 3.8) is 0 Å². The Morgan fingerprint density at radius 1 is 1.33 bits per heavy atom. The van der Waals surface area contributed by atoms with E-state index in [2.05, 4.69) is 0 Å². The van der Waals surface area contributed by atoms with Gasteiger partial charge in [-0.15, -0.1) is 0 Å². The van der Waals surface area contributed by atoms with E-state index in [-0.39, 0.29) is 12.3 Å². The van der Waals surface area contributed by atoms with Crippen LogP contribution < -0.4 is 4.74 Å². The molecular formula is C17H25F2NO. The molecule has 1 rings (SSSR count). The molecule has 0 fully saturated rings. The molecule has 0 aromatic heterocycles. The van der Waals surface area contributed by atoms with Gasteiger partial charge in [0.2, 0.25) is 5.92 Å². The third kappa shape index (κ3) is 4.51. The van der Waals surface area contributed by atoms with Crippen LogP contribution in [-0.2, 0) is 0 Å². The summed E-state index contributed by atoms with van der Waals surface area (Å²) in [6.07, 6.45) is 1.64. The van der Waals surface area contributed by atoms with Crippen LogP contribution in [0.2, 0.25) is 0 Å². The number of rotatable bonds is 7. The van der Waals surface area contributed by atoms with Gasteiger partial charge in [-0.3, -0.25) is 0 Å². The van der Waals surface area contributed by atoms with Crippen molar-refractivity contribution in [2.24, 2.45) is 5.92 Å². The zero-order valence-corrected chi connectivity index (χ0v) is 13.5. The minimum absolute atomic E-state index is 0.219. The summed E-state index contributed by atoms with van der Waals surface area (Å²) in [5.74, 6) is -2.40. The summed E-state index contributed by atoms with van der Waals surface area (Å²) in [5.41, 5.74) is 0.889. The Kier molecular flexibility index (Phi) is 5.48. The van der Waals surface area contributed by atoms with Gasteiger partial charge in [0.15, 0.2) is 0 Å². The third-order valence-electron chi connectivity index (χ3n) is 4.14. The topological polar surface area (TPSA) is 33.1 Å². The number of hydrogen-bond donors (Lipinski definition) is 1. The van der Waals surface area contributed by atoms with Gasteiger partial charge < -0.3 is 10.1 Å². The van der Waals surface area contributed by atoms with E-state index in [1.165, 1.54) is 6.21 Å². The average molecular weight is 297 g/mol. The van der Waals surface area contributed by atoms with Gasteiger partial charge in [0.1, 0.15) is 11.4 Å². The number of ether oxygens (including phenoxy) is 1. The largest absolute Gasteiger partial charge is 0.486 e. The molecule has 1 aromatic carbocycles. The van der Waals surface area contributed by atoms with Crippen molar-refractivity contribution >= 4 is 6.21 Å². The molecule has 2 atom stereocenters. The summed E-state index contributed by atoms with van der Waals surface area (Å²) >= 11 is 0. The molecule has 1 N–H and O–H groups in total. The second-order valence-corrected chi connectivity index (χ2v) is 6.08. The minimum Gasteiger partial charge on any atom is -0.486 e. The van der Waals surface area contributed by atoms with Crippen LogP contribution in [0.5, 0.6) is 5.75 Å². The first-order valence-electron chi connectivity index (χ1n) is 7.30. The Morgan fingerprint density at radius 2 is 1.95 bits per heavy atom. The quantitative estimate of drug-likeness (QED) is 0.687. The maximum absolute atomic E-state index is 13.3. The van der Waals surface area contributed by atoms with E-state index in [1.807, 2.05) is 32.9 Å². The van der Waals surface area contributed by atoms with Crippen molar-refractivity contribution in [2.75, 3.05) is 0 Å². The maximum atomic E-state index is 13.3. The molecule has 0 saturated heterocycles. The molecule has 2 nitrogen and oxygen atoms in total. The number of alkyl halides is 2. The summed E-state index contributed by atoms with van der Waals surface area (Å²) in [5, 5.41) is 7.47. The molecule has 0 amide bonds. The molecule has 0 aliphatic rings. The number of benzene rings is 1. The fraction of sp³-hybridized carbons (Fsp3) is 0.588. The Morgan fingerprint density at radius 3 is 2.43 bits per heavy atom. The molecule has 1 aromatic rings. The van der Waals surface area contributed by atoms with E-state index in [4.69, 9.17) is 10.1 Å². The predicted octanol–water partition coefficient (Wildman–Crippen LogP) is 5.22. The molecule has 118 valence electrons. The van der Waals surface area contributed by atoms with Crippen LogP contribution >= 0.6 is 0 Å². The molecular weight excluding hydrogens is 272 g/mol. The zero-order valence-electron chi connectivity index (χ0n) is 13.5. The van der Waals surface area contributed by atoms with Crippen LogP contribution in [0.4, 0.5) is 8.78 Å². The summed E-state index contributed by atoms with van der Waals surface area (Å²) < 4.78 is 32.7. The van der Waals surface area contributed by atoms with Crippen LogP contribution in [-0.4, -0.2) is 17.7 Å². The van der Waals surface area contributed by atoms with Gasteiger partial charge in [-0.25, -0.2) is 8.78 Å². The van der Waals surface area contributed by atoms with Gasteiger partial charge in [-0.05, 0) is 38.8 Å². The summed E-state index contributed by atoms with van der Waals surface area (Å²) in [6, 6.07) is 5.55. The molecule has 4 heteroatoms. The molecule has 0 radical (unpaired) electrons. The minimum atomic E-state index is -2.71. The first-order valence-corrected chi connectivity index (χ1v) is 7.30. The van der Waals surface area contributed by atoms with Gasteiger partial charge in [0.05, 0.1) is 0 Å². The van der Waals surface area contributed by atoms with E-state index in [0.717, 1.165) is 12.5 Å². The lowest BCUT2D eigenvalue weighted by molar-refractivity contribution is -0.0507. The lowest BCUT2D eigenvalue weighted by Crippen LogP contribution is -2.41. The number of halogens is 2. The van der Waals surface area contributed by atoms with Gasteiger partial charge in [0.25, 0.3) is 0 Å². The van der Waals surface area contributed by atoms with E-state index in [0.29, 0.717) is 17.7 Å². The van der Waals surface area contributed by atoms with Crippen LogP contribution in [0.1, 0.15) is 51.7 Å². The molecule has 1 unspecified atom stereocenters. The van der Waals surface area contributed by atoms with Crippen molar-refractivity contribution in [3.05, 3.63) is 29.3 Å². The highest BCUT2D eigenvalue weighted by atomic mass is 19.3. The van der Waals surface area contributed by atoms with E-state index < -0.39 is 11.5 Å². The van der Waals surface area contributed by atoms with Gasteiger partial charge in [0, 0.05) is 24.1 Å². The van der Waals surface area contributed by atoms with E-state index in [1.54, 1.807) is 13.0 Å². The van der Waals surface area contributed by atoms with E-state index in [9.17, 15) is 8.78 Å². The van der Waals surface area contributed by atoms with Gasteiger partial charge >= 0.3 is 0 Å². The van der Waals surface area contributed by atoms with Crippen molar-refractivity contribution in [1.29, 1.82) is 5.41 Å². The summed E-state index contributed by atoms with van der Waals surface area (Å²) in [4.78, 5) is 0. The Hall–Kier alpha value is -1.45. The van der Waals surface area contributed by atoms with Crippen molar-refractivity contribution in [1.82, 2.24) is 0 Å². The first kappa shape index (κ1) is 17.6. The predicted molar refractivity (Wildman–Crippen MR) is 82.8 cm³/mol. The van der Waals surface area contributed by atoms with Crippen molar-refractivity contribution < 1.29 is 13.5 Å². The fourth-order valence-electron chi connectivity index (χ4n) is 2.44. The Labute approximate surface area is 126 Å². The number of para-hydroxylation sites is 1. The van der Waals surface area contributed by atoms with Gasteiger partial charge in [-0.1, -0.05) is 26.0 Å². The third-order valence-corrected chi connectivity index (χ3v) is 4.14. The lowest BCUT2D eigenvalue weighted by atomic mass is 9.83. The van der Waals surface area contributed by atoms with Crippen LogP contribution in [0.15, 0.2) is 18.2 Å². The highest BCUT2D eigenvalue weighted by Gasteiger charge is 2.38. The maximum Gasteiger partial charge on any atom is 0.245 e. The van der Waals surface area contributed by atoms with Crippen LogP contribution in [0, 0.1) is 18.3 Å². The average Bonchev–Trinajstić information content (AvgIpc) is 2.38. The molecule has 21 heavy (non-hydrogen) atoms. The molecule has 0 spiro atoms. The second kappa shape index (κ2) is 6.54. The first-order chi connectivity index (χ1) is 9.63. The molecule has 0 bridgehead atoms. The van der Waals surface area contributed by atoms with Crippen molar-refractivity contribution in [2.45, 2.75) is 59.0 Å². The van der Waals surface area contributed by atoms with Gasteiger partial charge in [-0.2, -0.15) is 0 Å². The monoisotopic (exact) mass is 297 g/mol. The number of nitrogens with one attached hydrogen (secondary N) is 1. The molecule has 0 saturated carbocycles. The Bertz CT molecular complexity index is 496. The summed E-state index contributed by atoms with van der Waals surface area (Å²) in [6.45, 7) is 8.44. The van der Waals surface area contributed by atoms with Crippen LogP contribution in [0.3, 0.4) is 0 Å². The Balaban J connectivity index is 3.09.